The van der Waals surface area contributed by atoms with Crippen molar-refractivity contribution in [2.75, 3.05) is 37.6 Å². The summed E-state index contributed by atoms with van der Waals surface area (Å²) in [4.78, 5) is 4.73. The molecular weight excluding hydrogens is 328 g/mol. The molecule has 2 aromatic heterocycles. The van der Waals surface area contributed by atoms with Crippen LogP contribution in [0.15, 0.2) is 12.1 Å². The molecule has 7 nitrogen and oxygen atoms in total. The van der Waals surface area contributed by atoms with Crippen LogP contribution in [0.2, 0.25) is 0 Å². The van der Waals surface area contributed by atoms with E-state index < -0.39 is 5.60 Å². The van der Waals surface area contributed by atoms with E-state index >= 15 is 0 Å². The van der Waals surface area contributed by atoms with Gasteiger partial charge in [-0.1, -0.05) is 12.8 Å². The van der Waals surface area contributed by atoms with Crippen LogP contribution in [0, 0.1) is 0 Å². The van der Waals surface area contributed by atoms with E-state index in [0.717, 1.165) is 75.7 Å². The van der Waals surface area contributed by atoms with E-state index in [1.807, 2.05) is 10.6 Å². The number of likely N-dealkylation sites (tertiary alicyclic amines) is 1. The molecule has 2 aliphatic heterocycles. The van der Waals surface area contributed by atoms with Crippen LogP contribution in [0.4, 0.5) is 5.82 Å². The van der Waals surface area contributed by atoms with Gasteiger partial charge in [0.1, 0.15) is 5.82 Å². The Morgan fingerprint density at radius 3 is 2.46 bits per heavy atom. The molecule has 4 heterocycles. The lowest BCUT2D eigenvalue weighted by Crippen LogP contribution is -2.44. The van der Waals surface area contributed by atoms with Crippen molar-refractivity contribution < 1.29 is 5.11 Å². The molecular formula is C19H28N6O. The summed E-state index contributed by atoms with van der Waals surface area (Å²) >= 11 is 0. The highest BCUT2D eigenvalue weighted by molar-refractivity contribution is 5.47. The second-order valence-electron chi connectivity index (χ2n) is 8.34. The molecule has 7 heteroatoms. The van der Waals surface area contributed by atoms with Gasteiger partial charge >= 0.3 is 0 Å². The quantitative estimate of drug-likeness (QED) is 0.901. The highest BCUT2D eigenvalue weighted by Gasteiger charge is 2.35. The molecule has 26 heavy (non-hydrogen) atoms. The van der Waals surface area contributed by atoms with Crippen molar-refractivity contribution in [3.8, 4) is 0 Å². The minimum Gasteiger partial charge on any atom is -0.389 e. The number of aliphatic hydroxyl groups is 1. The molecule has 5 rings (SSSR count). The van der Waals surface area contributed by atoms with Gasteiger partial charge in [0.15, 0.2) is 11.5 Å². The van der Waals surface area contributed by atoms with Crippen molar-refractivity contribution in [2.45, 2.75) is 56.5 Å². The van der Waals surface area contributed by atoms with Crippen LogP contribution in [0.25, 0.3) is 5.65 Å². The molecule has 0 bridgehead atoms. The lowest BCUT2D eigenvalue weighted by Gasteiger charge is -2.36. The standard InChI is InChI=1S/C19H28N6O/c26-19(8-1-2-9-19)14-23-12-6-15(7-13-23)18-21-20-16-4-5-17(22-25(16)18)24-10-3-11-24/h4-5,15,26H,1-3,6-14H2. The fraction of sp³-hybridized carbons (Fsp3) is 0.737. The van der Waals surface area contributed by atoms with Crippen molar-refractivity contribution in [3.05, 3.63) is 18.0 Å². The lowest BCUT2D eigenvalue weighted by molar-refractivity contribution is 0.00273. The van der Waals surface area contributed by atoms with Crippen LogP contribution in [-0.2, 0) is 0 Å². The number of piperidine rings is 1. The van der Waals surface area contributed by atoms with Crippen LogP contribution in [-0.4, -0.2) is 68.1 Å². The van der Waals surface area contributed by atoms with Gasteiger partial charge in [-0.25, -0.2) is 0 Å². The SMILES string of the molecule is OC1(CN2CCC(c3nnc4ccc(N5CCC5)nn34)CC2)CCCC1. The highest BCUT2D eigenvalue weighted by atomic mass is 16.3. The van der Waals surface area contributed by atoms with Crippen molar-refractivity contribution >= 4 is 11.5 Å². The highest BCUT2D eigenvalue weighted by Crippen LogP contribution is 2.33. The summed E-state index contributed by atoms with van der Waals surface area (Å²) < 4.78 is 1.96. The minimum atomic E-state index is -0.442. The van der Waals surface area contributed by atoms with Crippen molar-refractivity contribution in [3.63, 3.8) is 0 Å². The molecule has 140 valence electrons. The van der Waals surface area contributed by atoms with Crippen LogP contribution >= 0.6 is 0 Å². The number of anilines is 1. The molecule has 0 spiro atoms. The first-order chi connectivity index (χ1) is 12.7. The van der Waals surface area contributed by atoms with Crippen LogP contribution in [0.3, 0.4) is 0 Å². The van der Waals surface area contributed by atoms with Gasteiger partial charge in [-0.15, -0.1) is 15.3 Å². The molecule has 1 aliphatic carbocycles. The monoisotopic (exact) mass is 356 g/mol. The third kappa shape index (κ3) is 2.97. The molecule has 0 aromatic carbocycles. The number of hydrogen-bond acceptors (Lipinski definition) is 6. The Morgan fingerprint density at radius 2 is 1.77 bits per heavy atom. The molecule has 2 aromatic rings. The Morgan fingerprint density at radius 1 is 1.00 bits per heavy atom. The molecule has 0 unspecified atom stereocenters. The van der Waals surface area contributed by atoms with Gasteiger partial charge in [0.05, 0.1) is 5.60 Å². The van der Waals surface area contributed by atoms with Crippen LogP contribution < -0.4 is 4.90 Å². The average molecular weight is 356 g/mol. The third-order valence-electron chi connectivity index (χ3n) is 6.46. The van der Waals surface area contributed by atoms with E-state index in [4.69, 9.17) is 5.10 Å². The molecule has 3 aliphatic rings. The van der Waals surface area contributed by atoms with Gasteiger partial charge in [-0.3, -0.25) is 0 Å². The maximum atomic E-state index is 10.7. The van der Waals surface area contributed by atoms with E-state index in [2.05, 4.69) is 26.1 Å². The van der Waals surface area contributed by atoms with Crippen LogP contribution in [0.1, 0.15) is 56.7 Å². The predicted octanol–water partition coefficient (Wildman–Crippen LogP) is 1.82. The van der Waals surface area contributed by atoms with Crippen molar-refractivity contribution in [2.24, 2.45) is 0 Å². The number of rotatable bonds is 4. The molecule has 0 radical (unpaired) electrons. The number of β-amino-alcohol motifs (C(OH)–C–C–N with tert-alkyl or cyclic N) is 1. The largest absolute Gasteiger partial charge is 0.389 e. The molecule has 2 saturated heterocycles. The average Bonchev–Trinajstić information content (AvgIpc) is 3.20. The normalized spacial score (nSPS) is 24.3. The Bertz CT molecular complexity index is 771. The second-order valence-corrected chi connectivity index (χ2v) is 8.34. The number of nitrogens with zero attached hydrogens (tertiary/aromatic N) is 6. The number of aromatic nitrogens is 4. The Hall–Kier alpha value is -1.73. The fourth-order valence-electron chi connectivity index (χ4n) is 4.72. The topological polar surface area (TPSA) is 69.8 Å². The summed E-state index contributed by atoms with van der Waals surface area (Å²) in [5.74, 6) is 2.44. The van der Waals surface area contributed by atoms with E-state index in [9.17, 15) is 5.11 Å². The maximum Gasteiger partial charge on any atom is 0.178 e. The zero-order valence-corrected chi connectivity index (χ0v) is 15.3. The summed E-state index contributed by atoms with van der Waals surface area (Å²) in [5.41, 5.74) is 0.397. The summed E-state index contributed by atoms with van der Waals surface area (Å²) in [6, 6.07) is 4.08. The van der Waals surface area contributed by atoms with Crippen molar-refractivity contribution in [1.82, 2.24) is 24.7 Å². The van der Waals surface area contributed by atoms with Gasteiger partial charge in [0.25, 0.3) is 0 Å². The lowest BCUT2D eigenvalue weighted by atomic mass is 9.94. The van der Waals surface area contributed by atoms with Gasteiger partial charge < -0.3 is 14.9 Å². The summed E-state index contributed by atoms with van der Waals surface area (Å²) in [6.45, 7) is 5.06. The Balaban J connectivity index is 1.28. The smallest absolute Gasteiger partial charge is 0.178 e. The van der Waals surface area contributed by atoms with E-state index in [0.29, 0.717) is 5.92 Å². The summed E-state index contributed by atoms with van der Waals surface area (Å²) in [5, 5.41) is 24.3. The van der Waals surface area contributed by atoms with E-state index in [-0.39, 0.29) is 0 Å². The molecule has 0 amide bonds. The molecule has 1 saturated carbocycles. The van der Waals surface area contributed by atoms with Crippen molar-refractivity contribution in [1.29, 1.82) is 0 Å². The Kier molecular flexibility index (Phi) is 4.09. The summed E-state index contributed by atoms with van der Waals surface area (Å²) in [7, 11) is 0. The number of fused-ring (bicyclic) bond motifs is 1. The van der Waals surface area contributed by atoms with E-state index in [1.54, 1.807) is 0 Å². The molecule has 1 N–H and O–H groups in total. The first-order valence-corrected chi connectivity index (χ1v) is 10.1. The minimum absolute atomic E-state index is 0.401. The first-order valence-electron chi connectivity index (χ1n) is 10.1. The van der Waals surface area contributed by atoms with Gasteiger partial charge in [0, 0.05) is 25.6 Å². The zero-order valence-electron chi connectivity index (χ0n) is 15.3. The second kappa shape index (κ2) is 6.46. The maximum absolute atomic E-state index is 10.7. The molecule has 3 fully saturated rings. The fourth-order valence-corrected chi connectivity index (χ4v) is 4.72. The predicted molar refractivity (Wildman–Crippen MR) is 99.4 cm³/mol. The third-order valence-corrected chi connectivity index (χ3v) is 6.46. The summed E-state index contributed by atoms with van der Waals surface area (Å²) in [6.07, 6.45) is 7.64. The zero-order chi connectivity index (χ0) is 17.6. The van der Waals surface area contributed by atoms with Gasteiger partial charge in [0.2, 0.25) is 0 Å². The van der Waals surface area contributed by atoms with E-state index in [1.165, 1.54) is 19.3 Å². The van der Waals surface area contributed by atoms with Crippen LogP contribution in [0.5, 0.6) is 0 Å². The van der Waals surface area contributed by atoms with Gasteiger partial charge in [-0.05, 0) is 57.3 Å². The molecule has 0 atom stereocenters. The Labute approximate surface area is 154 Å². The van der Waals surface area contributed by atoms with Gasteiger partial charge in [-0.2, -0.15) is 4.52 Å². The first kappa shape index (κ1) is 16.4. The number of hydrogen-bond donors (Lipinski definition) is 1.